The molecule has 114 valence electrons. The van der Waals surface area contributed by atoms with Crippen LogP contribution in [0, 0.1) is 0 Å². The molecule has 0 aliphatic heterocycles. The predicted octanol–water partition coefficient (Wildman–Crippen LogP) is 2.99. The Morgan fingerprint density at radius 3 is 2.41 bits per heavy atom. The van der Waals surface area contributed by atoms with Crippen molar-refractivity contribution < 1.29 is 14.3 Å². The molecule has 0 spiro atoms. The molecule has 5 nitrogen and oxygen atoms in total. The molecule has 2 aromatic carbocycles. The SMILES string of the molecule is COc1ccc(OCC(=O)N/N=C\c2ccc(Br)cc2)cc1. The maximum absolute atomic E-state index is 11.6. The molecule has 0 heterocycles. The molecule has 2 rings (SSSR count). The molecular weight excluding hydrogens is 348 g/mol. The zero-order valence-electron chi connectivity index (χ0n) is 12.0. The van der Waals surface area contributed by atoms with Gasteiger partial charge in [-0.3, -0.25) is 4.79 Å². The summed E-state index contributed by atoms with van der Waals surface area (Å²) in [4.78, 5) is 11.6. The molecule has 0 saturated carbocycles. The van der Waals surface area contributed by atoms with E-state index >= 15 is 0 Å². The summed E-state index contributed by atoms with van der Waals surface area (Å²) in [6.45, 7) is -0.107. The Labute approximate surface area is 137 Å². The average Bonchev–Trinajstić information content (AvgIpc) is 2.55. The average molecular weight is 363 g/mol. The van der Waals surface area contributed by atoms with E-state index in [1.54, 1.807) is 37.6 Å². The van der Waals surface area contributed by atoms with Gasteiger partial charge in [0.05, 0.1) is 13.3 Å². The van der Waals surface area contributed by atoms with Gasteiger partial charge in [-0.25, -0.2) is 5.43 Å². The van der Waals surface area contributed by atoms with E-state index in [0.717, 1.165) is 15.8 Å². The van der Waals surface area contributed by atoms with Crippen molar-refractivity contribution >= 4 is 28.1 Å². The first-order valence-electron chi connectivity index (χ1n) is 6.52. The highest BCUT2D eigenvalue weighted by Gasteiger charge is 2.01. The number of carbonyl (C=O) groups is 1. The van der Waals surface area contributed by atoms with Crippen LogP contribution >= 0.6 is 15.9 Å². The number of methoxy groups -OCH3 is 1. The van der Waals surface area contributed by atoms with E-state index in [0.29, 0.717) is 5.75 Å². The van der Waals surface area contributed by atoms with Gasteiger partial charge in [0.15, 0.2) is 6.61 Å². The number of hydrazone groups is 1. The number of nitrogens with one attached hydrogen (secondary N) is 1. The molecule has 0 saturated heterocycles. The Kier molecular flexibility index (Phi) is 5.97. The lowest BCUT2D eigenvalue weighted by molar-refractivity contribution is -0.123. The number of halogens is 1. The first-order valence-corrected chi connectivity index (χ1v) is 7.31. The summed E-state index contributed by atoms with van der Waals surface area (Å²) in [7, 11) is 1.59. The van der Waals surface area contributed by atoms with E-state index in [2.05, 4.69) is 26.5 Å². The maximum Gasteiger partial charge on any atom is 0.277 e. The standard InChI is InChI=1S/C16H15BrN2O3/c1-21-14-6-8-15(9-7-14)22-11-16(20)19-18-10-12-2-4-13(17)5-3-12/h2-10H,11H2,1H3,(H,19,20)/b18-10-. The fourth-order valence-corrected chi connectivity index (χ4v) is 1.85. The topological polar surface area (TPSA) is 59.9 Å². The van der Waals surface area contributed by atoms with Crippen molar-refractivity contribution in [3.63, 3.8) is 0 Å². The number of ether oxygens (including phenoxy) is 2. The lowest BCUT2D eigenvalue weighted by Gasteiger charge is -2.05. The van der Waals surface area contributed by atoms with E-state index in [1.165, 1.54) is 0 Å². The highest BCUT2D eigenvalue weighted by Crippen LogP contribution is 2.16. The van der Waals surface area contributed by atoms with Crippen LogP contribution in [0.2, 0.25) is 0 Å². The fourth-order valence-electron chi connectivity index (χ4n) is 1.58. The van der Waals surface area contributed by atoms with Crippen LogP contribution in [0.5, 0.6) is 11.5 Å². The second-order valence-electron chi connectivity index (χ2n) is 4.31. The van der Waals surface area contributed by atoms with E-state index < -0.39 is 0 Å². The molecule has 0 radical (unpaired) electrons. The molecule has 0 unspecified atom stereocenters. The quantitative estimate of drug-likeness (QED) is 0.634. The highest BCUT2D eigenvalue weighted by atomic mass is 79.9. The smallest absolute Gasteiger partial charge is 0.277 e. The predicted molar refractivity (Wildman–Crippen MR) is 88.4 cm³/mol. The molecular formula is C16H15BrN2O3. The van der Waals surface area contributed by atoms with Crippen LogP contribution in [0.4, 0.5) is 0 Å². The summed E-state index contributed by atoms with van der Waals surface area (Å²) in [5, 5.41) is 3.87. The van der Waals surface area contributed by atoms with Gasteiger partial charge in [0.25, 0.3) is 5.91 Å². The first-order chi connectivity index (χ1) is 10.7. The number of nitrogens with zero attached hydrogens (tertiary/aromatic N) is 1. The van der Waals surface area contributed by atoms with E-state index in [4.69, 9.17) is 9.47 Å². The van der Waals surface area contributed by atoms with Gasteiger partial charge in [0, 0.05) is 4.47 Å². The molecule has 0 aromatic heterocycles. The third-order valence-electron chi connectivity index (χ3n) is 2.70. The molecule has 1 amide bonds. The van der Waals surface area contributed by atoms with Gasteiger partial charge >= 0.3 is 0 Å². The van der Waals surface area contributed by atoms with Crippen molar-refractivity contribution in [2.75, 3.05) is 13.7 Å². The van der Waals surface area contributed by atoms with Crippen molar-refractivity contribution in [3.8, 4) is 11.5 Å². The number of hydrogen-bond donors (Lipinski definition) is 1. The maximum atomic E-state index is 11.6. The van der Waals surface area contributed by atoms with E-state index in [9.17, 15) is 4.79 Å². The van der Waals surface area contributed by atoms with Crippen molar-refractivity contribution in [2.45, 2.75) is 0 Å². The summed E-state index contributed by atoms with van der Waals surface area (Å²) in [6.07, 6.45) is 1.57. The number of benzene rings is 2. The zero-order valence-corrected chi connectivity index (χ0v) is 13.5. The first kappa shape index (κ1) is 16.0. The van der Waals surface area contributed by atoms with Crippen LogP contribution in [0.1, 0.15) is 5.56 Å². The molecule has 1 N–H and O–H groups in total. The number of rotatable bonds is 6. The van der Waals surface area contributed by atoms with Crippen molar-refractivity contribution in [1.29, 1.82) is 0 Å². The zero-order chi connectivity index (χ0) is 15.8. The van der Waals surface area contributed by atoms with E-state index in [1.807, 2.05) is 24.3 Å². The summed E-state index contributed by atoms with van der Waals surface area (Å²) in [5.41, 5.74) is 3.30. The molecule has 0 fully saturated rings. The molecule has 0 atom stereocenters. The lowest BCUT2D eigenvalue weighted by atomic mass is 10.2. The number of amides is 1. The monoisotopic (exact) mass is 362 g/mol. The molecule has 0 aliphatic rings. The summed E-state index contributed by atoms with van der Waals surface area (Å²) in [5.74, 6) is 0.993. The van der Waals surface area contributed by atoms with Crippen LogP contribution in [-0.2, 0) is 4.79 Å². The van der Waals surface area contributed by atoms with Crippen LogP contribution in [0.15, 0.2) is 58.1 Å². The number of hydrogen-bond acceptors (Lipinski definition) is 4. The summed E-state index contributed by atoms with van der Waals surface area (Å²) >= 11 is 3.35. The minimum atomic E-state index is -0.329. The van der Waals surface area contributed by atoms with Crippen molar-refractivity contribution in [1.82, 2.24) is 5.43 Å². The Balaban J connectivity index is 1.76. The normalized spacial score (nSPS) is 10.5. The van der Waals surface area contributed by atoms with Gasteiger partial charge in [0.2, 0.25) is 0 Å². The fraction of sp³-hybridized carbons (Fsp3) is 0.125. The largest absolute Gasteiger partial charge is 0.497 e. The Hall–Kier alpha value is -2.34. The second kappa shape index (κ2) is 8.19. The second-order valence-corrected chi connectivity index (χ2v) is 5.22. The van der Waals surface area contributed by atoms with Gasteiger partial charge in [-0.15, -0.1) is 0 Å². The van der Waals surface area contributed by atoms with Gasteiger partial charge in [-0.05, 0) is 42.0 Å². The number of carbonyl (C=O) groups excluding carboxylic acids is 1. The van der Waals surface area contributed by atoms with Crippen LogP contribution in [0.25, 0.3) is 0 Å². The van der Waals surface area contributed by atoms with Gasteiger partial charge in [0.1, 0.15) is 11.5 Å². The van der Waals surface area contributed by atoms with Gasteiger partial charge in [-0.1, -0.05) is 28.1 Å². The van der Waals surface area contributed by atoms with Crippen molar-refractivity contribution in [2.24, 2.45) is 5.10 Å². The molecule has 22 heavy (non-hydrogen) atoms. The van der Waals surface area contributed by atoms with Gasteiger partial charge in [-0.2, -0.15) is 5.10 Å². The van der Waals surface area contributed by atoms with E-state index in [-0.39, 0.29) is 12.5 Å². The minimum Gasteiger partial charge on any atom is -0.497 e. The van der Waals surface area contributed by atoms with Gasteiger partial charge < -0.3 is 9.47 Å². The molecule has 6 heteroatoms. The third-order valence-corrected chi connectivity index (χ3v) is 3.23. The van der Waals surface area contributed by atoms with Crippen LogP contribution < -0.4 is 14.9 Å². The highest BCUT2D eigenvalue weighted by molar-refractivity contribution is 9.10. The summed E-state index contributed by atoms with van der Waals surface area (Å²) in [6, 6.07) is 14.6. The molecule has 2 aromatic rings. The van der Waals surface area contributed by atoms with Crippen LogP contribution in [0.3, 0.4) is 0 Å². The summed E-state index contributed by atoms with van der Waals surface area (Å²) < 4.78 is 11.4. The Bertz CT molecular complexity index is 639. The molecule has 0 bridgehead atoms. The van der Waals surface area contributed by atoms with Crippen molar-refractivity contribution in [3.05, 3.63) is 58.6 Å². The Morgan fingerprint density at radius 2 is 1.77 bits per heavy atom. The Morgan fingerprint density at radius 1 is 1.14 bits per heavy atom. The molecule has 0 aliphatic carbocycles. The third kappa shape index (κ3) is 5.21. The lowest BCUT2D eigenvalue weighted by Crippen LogP contribution is -2.24. The minimum absolute atomic E-state index is 0.107. The van der Waals surface area contributed by atoms with Crippen LogP contribution in [-0.4, -0.2) is 25.8 Å².